The highest BCUT2D eigenvalue weighted by Crippen LogP contribution is 2.10. The van der Waals surface area contributed by atoms with E-state index in [-0.39, 0.29) is 0 Å². The van der Waals surface area contributed by atoms with Crippen LogP contribution in [0, 0.1) is 6.92 Å². The molecule has 0 aliphatic rings. The summed E-state index contributed by atoms with van der Waals surface area (Å²) in [5.41, 5.74) is 1.23. The molecule has 11 heavy (non-hydrogen) atoms. The van der Waals surface area contributed by atoms with Crippen molar-refractivity contribution in [3.05, 3.63) is 23.7 Å². The number of aryl methyl sites for hydroxylation is 2. The van der Waals surface area contributed by atoms with E-state index >= 15 is 0 Å². The van der Waals surface area contributed by atoms with Gasteiger partial charge >= 0.3 is 0 Å². The van der Waals surface area contributed by atoms with E-state index in [9.17, 15) is 0 Å². The minimum Gasteiger partial charge on any atom is -0.469 e. The third kappa shape index (κ3) is 2.79. The molecule has 0 N–H and O–H groups in total. The average molecular weight is 152 g/mol. The molecule has 1 heterocycles. The Bertz CT molecular complexity index is 200. The molecule has 0 amide bonds. The van der Waals surface area contributed by atoms with Crippen LogP contribution in [0.25, 0.3) is 0 Å². The molecule has 0 saturated heterocycles. The van der Waals surface area contributed by atoms with Gasteiger partial charge in [-0.3, -0.25) is 0 Å². The lowest BCUT2D eigenvalue weighted by Crippen LogP contribution is -1.80. The monoisotopic (exact) mass is 152 g/mol. The van der Waals surface area contributed by atoms with E-state index in [2.05, 4.69) is 19.9 Å². The zero-order chi connectivity index (χ0) is 8.10. The summed E-state index contributed by atoms with van der Waals surface area (Å²) in [5.74, 6) is 1.14. The molecule has 1 nitrogen and oxygen atoms in total. The molecular formula is C10H16O. The summed E-state index contributed by atoms with van der Waals surface area (Å²) in [5, 5.41) is 0. The summed E-state index contributed by atoms with van der Waals surface area (Å²) in [4.78, 5) is 0. The molecule has 1 aromatic rings. The van der Waals surface area contributed by atoms with Crippen LogP contribution in [-0.2, 0) is 6.42 Å². The van der Waals surface area contributed by atoms with Gasteiger partial charge in [0.05, 0.1) is 6.26 Å². The van der Waals surface area contributed by atoms with Crippen molar-refractivity contribution in [3.63, 3.8) is 0 Å². The topological polar surface area (TPSA) is 13.1 Å². The van der Waals surface area contributed by atoms with Gasteiger partial charge in [0.15, 0.2) is 0 Å². The summed E-state index contributed by atoms with van der Waals surface area (Å²) < 4.78 is 5.31. The molecule has 0 fully saturated rings. The first kappa shape index (κ1) is 8.38. The van der Waals surface area contributed by atoms with Crippen LogP contribution in [-0.4, -0.2) is 0 Å². The lowest BCUT2D eigenvalue weighted by atomic mass is 10.2. The summed E-state index contributed by atoms with van der Waals surface area (Å²) in [6.07, 6.45) is 6.76. The smallest absolute Gasteiger partial charge is 0.104 e. The van der Waals surface area contributed by atoms with Crippen molar-refractivity contribution >= 4 is 0 Å². The quantitative estimate of drug-likeness (QED) is 0.603. The molecule has 62 valence electrons. The number of hydrogen-bond donors (Lipinski definition) is 0. The summed E-state index contributed by atoms with van der Waals surface area (Å²) in [6.45, 7) is 4.28. The van der Waals surface area contributed by atoms with Crippen LogP contribution in [0.5, 0.6) is 0 Å². The van der Waals surface area contributed by atoms with Gasteiger partial charge in [0, 0.05) is 6.42 Å². The van der Waals surface area contributed by atoms with E-state index in [1.165, 1.54) is 24.8 Å². The van der Waals surface area contributed by atoms with Crippen molar-refractivity contribution in [2.45, 2.75) is 39.5 Å². The number of hydrogen-bond acceptors (Lipinski definition) is 1. The Hall–Kier alpha value is -0.720. The summed E-state index contributed by atoms with van der Waals surface area (Å²) in [7, 11) is 0. The second kappa shape index (κ2) is 4.22. The lowest BCUT2D eigenvalue weighted by molar-refractivity contribution is 0.496. The molecule has 0 bridgehead atoms. The predicted octanol–water partition coefficient (Wildman–Crippen LogP) is 3.32. The van der Waals surface area contributed by atoms with E-state index in [1.54, 1.807) is 0 Å². The Balaban J connectivity index is 2.27. The highest BCUT2D eigenvalue weighted by atomic mass is 16.3. The van der Waals surface area contributed by atoms with Crippen molar-refractivity contribution in [3.8, 4) is 0 Å². The molecule has 1 rings (SSSR count). The van der Waals surface area contributed by atoms with Gasteiger partial charge in [-0.1, -0.05) is 19.8 Å². The first-order valence-electron chi connectivity index (χ1n) is 4.37. The SMILES string of the molecule is CCCCCc1cc(C)co1. The van der Waals surface area contributed by atoms with Gasteiger partial charge in [0.1, 0.15) is 5.76 Å². The second-order valence-corrected chi connectivity index (χ2v) is 3.05. The molecule has 0 spiro atoms. The van der Waals surface area contributed by atoms with E-state index in [0.29, 0.717) is 0 Å². The van der Waals surface area contributed by atoms with Gasteiger partial charge in [0.2, 0.25) is 0 Å². The van der Waals surface area contributed by atoms with Crippen LogP contribution in [0.15, 0.2) is 16.7 Å². The lowest BCUT2D eigenvalue weighted by Gasteiger charge is -1.93. The van der Waals surface area contributed by atoms with Gasteiger partial charge in [-0.25, -0.2) is 0 Å². The standard InChI is InChI=1S/C10H16O/c1-3-4-5-6-10-7-9(2)8-11-10/h7-8H,3-6H2,1-2H3. The summed E-state index contributed by atoms with van der Waals surface area (Å²) in [6, 6.07) is 2.12. The van der Waals surface area contributed by atoms with Crippen molar-refractivity contribution in [1.82, 2.24) is 0 Å². The van der Waals surface area contributed by atoms with Crippen molar-refractivity contribution in [2.24, 2.45) is 0 Å². The van der Waals surface area contributed by atoms with Gasteiger partial charge in [-0.2, -0.15) is 0 Å². The van der Waals surface area contributed by atoms with Crippen LogP contribution in [0.2, 0.25) is 0 Å². The van der Waals surface area contributed by atoms with Crippen LogP contribution in [0.3, 0.4) is 0 Å². The molecule has 0 aliphatic carbocycles. The molecule has 0 radical (unpaired) electrons. The van der Waals surface area contributed by atoms with Crippen LogP contribution >= 0.6 is 0 Å². The van der Waals surface area contributed by atoms with E-state index in [1.807, 2.05) is 6.26 Å². The highest BCUT2D eigenvalue weighted by Gasteiger charge is 1.96. The van der Waals surface area contributed by atoms with Crippen molar-refractivity contribution < 1.29 is 4.42 Å². The van der Waals surface area contributed by atoms with Crippen molar-refractivity contribution in [2.75, 3.05) is 0 Å². The fourth-order valence-corrected chi connectivity index (χ4v) is 1.17. The first-order chi connectivity index (χ1) is 5.33. The zero-order valence-electron chi connectivity index (χ0n) is 7.39. The van der Waals surface area contributed by atoms with Crippen molar-refractivity contribution in [1.29, 1.82) is 0 Å². The third-order valence-electron chi connectivity index (χ3n) is 1.81. The molecule has 0 aromatic carbocycles. The van der Waals surface area contributed by atoms with E-state index in [0.717, 1.165) is 12.2 Å². The highest BCUT2D eigenvalue weighted by molar-refractivity contribution is 5.10. The first-order valence-corrected chi connectivity index (χ1v) is 4.37. The Labute approximate surface area is 68.4 Å². The Morgan fingerprint density at radius 2 is 2.18 bits per heavy atom. The predicted molar refractivity (Wildman–Crippen MR) is 46.7 cm³/mol. The third-order valence-corrected chi connectivity index (χ3v) is 1.81. The molecule has 1 heteroatoms. The van der Waals surface area contributed by atoms with Gasteiger partial charge in [0.25, 0.3) is 0 Å². The van der Waals surface area contributed by atoms with E-state index in [4.69, 9.17) is 4.42 Å². The van der Waals surface area contributed by atoms with Crippen LogP contribution in [0.1, 0.15) is 37.5 Å². The van der Waals surface area contributed by atoms with Gasteiger partial charge in [-0.05, 0) is 25.0 Å². The second-order valence-electron chi connectivity index (χ2n) is 3.05. The minimum absolute atomic E-state index is 1.10. The molecule has 1 aromatic heterocycles. The van der Waals surface area contributed by atoms with Gasteiger partial charge in [-0.15, -0.1) is 0 Å². The molecule has 0 unspecified atom stereocenters. The maximum Gasteiger partial charge on any atom is 0.104 e. The maximum absolute atomic E-state index is 5.31. The zero-order valence-corrected chi connectivity index (χ0v) is 7.39. The fraction of sp³-hybridized carbons (Fsp3) is 0.600. The number of furan rings is 1. The normalized spacial score (nSPS) is 10.4. The largest absolute Gasteiger partial charge is 0.469 e. The number of rotatable bonds is 4. The Morgan fingerprint density at radius 1 is 1.36 bits per heavy atom. The molecule has 0 aliphatic heterocycles. The van der Waals surface area contributed by atoms with Crippen LogP contribution in [0.4, 0.5) is 0 Å². The molecular weight excluding hydrogens is 136 g/mol. The average Bonchev–Trinajstić information content (AvgIpc) is 2.37. The Morgan fingerprint density at radius 3 is 2.73 bits per heavy atom. The molecule has 0 atom stereocenters. The maximum atomic E-state index is 5.31. The van der Waals surface area contributed by atoms with Crippen LogP contribution < -0.4 is 0 Å². The molecule has 0 saturated carbocycles. The van der Waals surface area contributed by atoms with E-state index < -0.39 is 0 Å². The minimum atomic E-state index is 1.10. The summed E-state index contributed by atoms with van der Waals surface area (Å²) >= 11 is 0. The Kier molecular flexibility index (Phi) is 3.21. The van der Waals surface area contributed by atoms with Gasteiger partial charge < -0.3 is 4.42 Å². The number of unbranched alkanes of at least 4 members (excludes halogenated alkanes) is 2. The fourth-order valence-electron chi connectivity index (χ4n) is 1.17.